The first-order chi connectivity index (χ1) is 10.3. The maximum atomic E-state index is 4.31. The van der Waals surface area contributed by atoms with Gasteiger partial charge in [-0.25, -0.2) is 0 Å². The fraction of sp³-hybridized carbons (Fsp3) is 0.667. The minimum Gasteiger partial charge on any atom is -0.356 e. The minimum atomic E-state index is 0. The molecule has 0 radical (unpaired) electrons. The van der Waals surface area contributed by atoms with Crippen molar-refractivity contribution < 1.29 is 0 Å². The highest BCUT2D eigenvalue weighted by Crippen LogP contribution is 2.21. The van der Waals surface area contributed by atoms with Crippen molar-refractivity contribution in [2.75, 3.05) is 13.6 Å². The Morgan fingerprint density at radius 2 is 2.04 bits per heavy atom. The number of hydrogen-bond acceptors (Lipinski definition) is 2. The summed E-state index contributed by atoms with van der Waals surface area (Å²) in [5.74, 6) is 0.883. The molecule has 4 nitrogen and oxygen atoms in total. The number of guanidine groups is 1. The van der Waals surface area contributed by atoms with Crippen molar-refractivity contribution >= 4 is 29.9 Å². The maximum absolute atomic E-state index is 4.31. The van der Waals surface area contributed by atoms with Gasteiger partial charge in [0.15, 0.2) is 5.96 Å². The van der Waals surface area contributed by atoms with Gasteiger partial charge in [0.1, 0.15) is 0 Å². The molecule has 0 aromatic carbocycles. The zero-order valence-electron chi connectivity index (χ0n) is 15.4. The first-order valence-corrected chi connectivity index (χ1v) is 8.18. The van der Waals surface area contributed by atoms with Crippen molar-refractivity contribution in [3.63, 3.8) is 0 Å². The number of hydrogen-bond donors (Lipinski definition) is 2. The third-order valence-corrected chi connectivity index (χ3v) is 3.76. The number of nitrogens with zero attached hydrogens (tertiary/aromatic N) is 2. The van der Waals surface area contributed by atoms with E-state index in [0.29, 0.717) is 11.5 Å². The van der Waals surface area contributed by atoms with E-state index in [1.54, 1.807) is 0 Å². The van der Waals surface area contributed by atoms with E-state index in [4.69, 9.17) is 0 Å². The molecule has 2 N–H and O–H groups in total. The van der Waals surface area contributed by atoms with Crippen molar-refractivity contribution in [1.29, 1.82) is 0 Å². The molecule has 0 bridgehead atoms. The Labute approximate surface area is 159 Å². The predicted molar refractivity (Wildman–Crippen MR) is 111 cm³/mol. The molecule has 1 unspecified atom stereocenters. The molecule has 0 saturated heterocycles. The Balaban J connectivity index is 0.00000484. The van der Waals surface area contributed by atoms with Gasteiger partial charge in [0.2, 0.25) is 0 Å². The molecule has 0 spiro atoms. The van der Waals surface area contributed by atoms with Gasteiger partial charge >= 0.3 is 0 Å². The molecule has 0 aliphatic carbocycles. The molecule has 0 aliphatic rings. The van der Waals surface area contributed by atoms with Crippen LogP contribution < -0.4 is 10.6 Å². The van der Waals surface area contributed by atoms with Crippen molar-refractivity contribution in [3.05, 3.63) is 29.6 Å². The molecule has 1 atom stereocenters. The van der Waals surface area contributed by atoms with Gasteiger partial charge in [-0.1, -0.05) is 20.8 Å². The first kappa shape index (κ1) is 22.1. The number of aliphatic imine (C=N–C) groups is 1. The lowest BCUT2D eigenvalue weighted by Crippen LogP contribution is -2.43. The van der Waals surface area contributed by atoms with Gasteiger partial charge < -0.3 is 10.6 Å². The summed E-state index contributed by atoms with van der Waals surface area (Å²) in [4.78, 5) is 8.44. The molecule has 1 aromatic rings. The molecule has 0 aliphatic heterocycles. The number of nitrogens with one attached hydrogen (secondary N) is 2. The lowest BCUT2D eigenvalue weighted by Gasteiger charge is -2.23. The van der Waals surface area contributed by atoms with Crippen LogP contribution in [0.2, 0.25) is 0 Å². The Bertz CT molecular complexity index is 480. The van der Waals surface area contributed by atoms with Gasteiger partial charge in [-0.15, -0.1) is 24.0 Å². The lowest BCUT2D eigenvalue weighted by molar-refractivity contribution is 0.346. The Kier molecular flexibility index (Phi) is 10.4. The minimum absolute atomic E-state index is 0. The molecule has 132 valence electrons. The largest absolute Gasteiger partial charge is 0.356 e. The smallest absolute Gasteiger partial charge is 0.191 e. The van der Waals surface area contributed by atoms with Crippen molar-refractivity contribution in [1.82, 2.24) is 15.6 Å². The fourth-order valence-electron chi connectivity index (χ4n) is 2.25. The third-order valence-electron chi connectivity index (χ3n) is 3.76. The molecule has 1 rings (SSSR count). The summed E-state index contributed by atoms with van der Waals surface area (Å²) in [6.07, 6.45) is 7.09. The van der Waals surface area contributed by atoms with Gasteiger partial charge in [-0.3, -0.25) is 9.98 Å². The Morgan fingerprint density at radius 1 is 1.35 bits per heavy atom. The SMILES string of the molecule is CN=C(NCCc1ccncc1C)NC(C)CCC(C)(C)C.I. The van der Waals surface area contributed by atoms with Crippen LogP contribution in [-0.2, 0) is 6.42 Å². The quantitative estimate of drug-likeness (QED) is 0.407. The second-order valence-electron chi connectivity index (χ2n) is 7.20. The highest BCUT2D eigenvalue weighted by atomic mass is 127. The van der Waals surface area contributed by atoms with Crippen LogP contribution in [-0.4, -0.2) is 30.6 Å². The number of aromatic nitrogens is 1. The molecule has 23 heavy (non-hydrogen) atoms. The van der Waals surface area contributed by atoms with E-state index in [0.717, 1.165) is 25.3 Å². The monoisotopic (exact) mass is 432 g/mol. The van der Waals surface area contributed by atoms with Gasteiger partial charge in [-0.05, 0) is 55.7 Å². The zero-order valence-corrected chi connectivity index (χ0v) is 17.8. The molecule has 0 saturated carbocycles. The van der Waals surface area contributed by atoms with E-state index in [9.17, 15) is 0 Å². The second-order valence-corrected chi connectivity index (χ2v) is 7.20. The highest BCUT2D eigenvalue weighted by molar-refractivity contribution is 14.0. The number of halogens is 1. The van der Waals surface area contributed by atoms with Crippen LogP contribution in [0.25, 0.3) is 0 Å². The summed E-state index contributed by atoms with van der Waals surface area (Å²) in [7, 11) is 1.82. The van der Waals surface area contributed by atoms with Gasteiger partial charge in [-0.2, -0.15) is 0 Å². The van der Waals surface area contributed by atoms with Crippen molar-refractivity contribution in [2.45, 2.75) is 59.9 Å². The van der Waals surface area contributed by atoms with E-state index in [1.165, 1.54) is 17.5 Å². The summed E-state index contributed by atoms with van der Waals surface area (Å²) >= 11 is 0. The second kappa shape index (κ2) is 10.8. The van der Waals surface area contributed by atoms with Crippen LogP contribution in [0.5, 0.6) is 0 Å². The Hall–Kier alpha value is -0.850. The fourth-order valence-corrected chi connectivity index (χ4v) is 2.25. The topological polar surface area (TPSA) is 49.3 Å². The summed E-state index contributed by atoms with van der Waals surface area (Å²) in [5, 5.41) is 6.86. The van der Waals surface area contributed by atoms with E-state index >= 15 is 0 Å². The van der Waals surface area contributed by atoms with Crippen molar-refractivity contribution in [2.24, 2.45) is 10.4 Å². The summed E-state index contributed by atoms with van der Waals surface area (Å²) in [6.45, 7) is 12.0. The molecule has 5 heteroatoms. The zero-order chi connectivity index (χ0) is 16.6. The van der Waals surface area contributed by atoms with Crippen molar-refractivity contribution in [3.8, 4) is 0 Å². The predicted octanol–water partition coefficient (Wildman–Crippen LogP) is 3.93. The van der Waals surface area contributed by atoms with E-state index in [-0.39, 0.29) is 24.0 Å². The van der Waals surface area contributed by atoms with Crippen LogP contribution in [0.4, 0.5) is 0 Å². The standard InChI is InChI=1S/C18H32N4.HI/c1-14-13-20-11-8-16(14)9-12-21-17(19-6)22-15(2)7-10-18(3,4)5;/h8,11,13,15H,7,9-10,12H2,1-6H3,(H2,19,21,22);1H. The lowest BCUT2D eigenvalue weighted by atomic mass is 9.89. The van der Waals surface area contributed by atoms with Gasteiger partial charge in [0.25, 0.3) is 0 Å². The molecular weight excluding hydrogens is 399 g/mol. The van der Waals surface area contributed by atoms with Crippen LogP contribution in [0.3, 0.4) is 0 Å². The average molecular weight is 432 g/mol. The van der Waals surface area contributed by atoms with E-state index < -0.39 is 0 Å². The van der Waals surface area contributed by atoms with Crippen LogP contribution in [0.15, 0.2) is 23.5 Å². The average Bonchev–Trinajstić information content (AvgIpc) is 2.45. The normalized spacial score (nSPS) is 13.2. The number of rotatable bonds is 6. The molecule has 1 heterocycles. The first-order valence-electron chi connectivity index (χ1n) is 8.18. The molecular formula is C18H33IN4. The highest BCUT2D eigenvalue weighted by Gasteiger charge is 2.13. The van der Waals surface area contributed by atoms with Crippen LogP contribution >= 0.6 is 24.0 Å². The van der Waals surface area contributed by atoms with E-state index in [2.05, 4.69) is 61.3 Å². The van der Waals surface area contributed by atoms with Gasteiger partial charge in [0.05, 0.1) is 0 Å². The number of pyridine rings is 1. The van der Waals surface area contributed by atoms with E-state index in [1.807, 2.05) is 19.4 Å². The molecule has 1 aromatic heterocycles. The molecule has 0 amide bonds. The maximum Gasteiger partial charge on any atom is 0.191 e. The van der Waals surface area contributed by atoms with Crippen LogP contribution in [0, 0.1) is 12.3 Å². The van der Waals surface area contributed by atoms with Gasteiger partial charge in [0, 0.05) is 32.0 Å². The van der Waals surface area contributed by atoms with Crippen LogP contribution in [0.1, 0.15) is 51.7 Å². The summed E-state index contributed by atoms with van der Waals surface area (Å²) < 4.78 is 0. The Morgan fingerprint density at radius 3 is 2.61 bits per heavy atom. The third kappa shape index (κ3) is 9.79. The summed E-state index contributed by atoms with van der Waals surface area (Å²) in [6, 6.07) is 2.51. The number of aryl methyl sites for hydroxylation is 1. The summed E-state index contributed by atoms with van der Waals surface area (Å²) in [5.41, 5.74) is 2.95. The molecule has 0 fully saturated rings.